The topological polar surface area (TPSA) is 49.6 Å². The van der Waals surface area contributed by atoms with Crippen molar-refractivity contribution >= 4 is 5.91 Å². The van der Waals surface area contributed by atoms with E-state index in [1.54, 1.807) is 6.07 Å². The molecule has 3 heterocycles. The Kier molecular flexibility index (Phi) is 3.31. The fraction of sp³-hybridized carbons (Fsp3) is 0.714. The zero-order valence-electron chi connectivity index (χ0n) is 11.6. The van der Waals surface area contributed by atoms with Gasteiger partial charge in [-0.1, -0.05) is 5.16 Å². The summed E-state index contributed by atoms with van der Waals surface area (Å²) in [6, 6.07) is 2.59. The third kappa shape index (κ3) is 2.27. The van der Waals surface area contributed by atoms with Crippen LogP contribution in [0, 0.1) is 6.92 Å². The Hall–Kier alpha value is -1.36. The first kappa shape index (κ1) is 12.7. The molecule has 1 aromatic rings. The van der Waals surface area contributed by atoms with Gasteiger partial charge in [0.05, 0.1) is 0 Å². The lowest BCUT2D eigenvalue weighted by Crippen LogP contribution is -2.47. The van der Waals surface area contributed by atoms with Crippen molar-refractivity contribution in [3.63, 3.8) is 0 Å². The highest BCUT2D eigenvalue weighted by molar-refractivity contribution is 5.92. The van der Waals surface area contributed by atoms with Crippen LogP contribution in [0.3, 0.4) is 0 Å². The van der Waals surface area contributed by atoms with E-state index in [-0.39, 0.29) is 5.91 Å². The highest BCUT2D eigenvalue weighted by Crippen LogP contribution is 2.29. The van der Waals surface area contributed by atoms with E-state index in [2.05, 4.69) is 17.1 Å². The summed E-state index contributed by atoms with van der Waals surface area (Å²) < 4.78 is 5.02. The van der Waals surface area contributed by atoms with E-state index >= 15 is 0 Å². The molecule has 0 bridgehead atoms. The van der Waals surface area contributed by atoms with Gasteiger partial charge < -0.3 is 14.3 Å². The van der Waals surface area contributed by atoms with Crippen molar-refractivity contribution in [3.05, 3.63) is 17.5 Å². The summed E-state index contributed by atoms with van der Waals surface area (Å²) in [5.74, 6) is 0.719. The second-order valence-corrected chi connectivity index (χ2v) is 5.72. The largest absolute Gasteiger partial charge is 0.361 e. The molecule has 1 amide bonds. The number of rotatable bonds is 2. The summed E-state index contributed by atoms with van der Waals surface area (Å²) in [5.41, 5.74) is 0.449. The van der Waals surface area contributed by atoms with Gasteiger partial charge in [0.1, 0.15) is 5.76 Å². The molecule has 3 rings (SSSR count). The van der Waals surface area contributed by atoms with E-state index in [4.69, 9.17) is 4.52 Å². The van der Waals surface area contributed by atoms with Crippen molar-refractivity contribution in [1.29, 1.82) is 0 Å². The molecule has 104 valence electrons. The Morgan fingerprint density at radius 3 is 2.68 bits per heavy atom. The molecule has 0 N–H and O–H groups in total. The fourth-order valence-corrected chi connectivity index (χ4v) is 3.48. The Morgan fingerprint density at radius 1 is 1.32 bits per heavy atom. The van der Waals surface area contributed by atoms with Gasteiger partial charge in [-0.2, -0.15) is 0 Å². The predicted molar refractivity (Wildman–Crippen MR) is 71.0 cm³/mol. The normalized spacial score (nSPS) is 28.2. The van der Waals surface area contributed by atoms with Crippen LogP contribution in [-0.4, -0.2) is 53.1 Å². The summed E-state index contributed by atoms with van der Waals surface area (Å²) in [6.07, 6.45) is 4.64. The third-order valence-electron chi connectivity index (χ3n) is 4.43. The zero-order chi connectivity index (χ0) is 13.4. The maximum atomic E-state index is 12.5. The highest BCUT2D eigenvalue weighted by Gasteiger charge is 2.39. The van der Waals surface area contributed by atoms with Crippen LogP contribution in [0.5, 0.6) is 0 Å². The van der Waals surface area contributed by atoms with Crippen LogP contribution >= 0.6 is 0 Å². The molecule has 0 aromatic carbocycles. The smallest absolute Gasteiger partial charge is 0.276 e. The van der Waals surface area contributed by atoms with E-state index in [0.717, 1.165) is 25.9 Å². The van der Waals surface area contributed by atoms with Crippen molar-refractivity contribution in [2.24, 2.45) is 0 Å². The average Bonchev–Trinajstić information content (AvgIpc) is 3.07. The van der Waals surface area contributed by atoms with Gasteiger partial charge >= 0.3 is 0 Å². The number of likely N-dealkylation sites (tertiary alicyclic amines) is 2. The van der Waals surface area contributed by atoms with Gasteiger partial charge in [-0.3, -0.25) is 4.79 Å². The van der Waals surface area contributed by atoms with Crippen LogP contribution in [-0.2, 0) is 0 Å². The third-order valence-corrected chi connectivity index (χ3v) is 4.43. The van der Waals surface area contributed by atoms with E-state index in [1.807, 2.05) is 11.8 Å². The molecule has 0 aliphatic carbocycles. The van der Waals surface area contributed by atoms with Crippen molar-refractivity contribution in [2.75, 3.05) is 20.1 Å². The number of aryl methyl sites for hydroxylation is 1. The number of carbonyl (C=O) groups excluding carboxylic acids is 1. The van der Waals surface area contributed by atoms with Gasteiger partial charge in [-0.25, -0.2) is 0 Å². The molecule has 2 atom stereocenters. The zero-order valence-corrected chi connectivity index (χ0v) is 11.6. The minimum atomic E-state index is 0.0275. The molecule has 2 saturated heterocycles. The van der Waals surface area contributed by atoms with Crippen molar-refractivity contribution in [2.45, 2.75) is 44.7 Å². The second kappa shape index (κ2) is 4.96. The van der Waals surface area contributed by atoms with Gasteiger partial charge in [-0.05, 0) is 46.2 Å². The number of carbonyl (C=O) groups is 1. The van der Waals surface area contributed by atoms with Crippen LogP contribution in [0.2, 0.25) is 0 Å². The first-order chi connectivity index (χ1) is 9.16. The van der Waals surface area contributed by atoms with Gasteiger partial charge in [0.2, 0.25) is 0 Å². The molecule has 2 aliphatic heterocycles. The lowest BCUT2D eigenvalue weighted by molar-refractivity contribution is 0.0654. The molecule has 5 nitrogen and oxygen atoms in total. The van der Waals surface area contributed by atoms with Crippen LogP contribution < -0.4 is 0 Å². The molecule has 5 heteroatoms. The number of hydrogen-bond donors (Lipinski definition) is 0. The van der Waals surface area contributed by atoms with Gasteiger partial charge in [0, 0.05) is 24.7 Å². The first-order valence-electron chi connectivity index (χ1n) is 7.11. The Bertz CT molecular complexity index is 471. The fourth-order valence-electron chi connectivity index (χ4n) is 3.48. The van der Waals surface area contributed by atoms with Crippen molar-refractivity contribution in [1.82, 2.24) is 15.0 Å². The van der Waals surface area contributed by atoms with E-state index in [9.17, 15) is 4.79 Å². The number of amides is 1. The molecular formula is C14H21N3O2. The predicted octanol–water partition coefficient (Wildman–Crippen LogP) is 1.68. The van der Waals surface area contributed by atoms with E-state index in [0.29, 0.717) is 23.5 Å². The van der Waals surface area contributed by atoms with Crippen LogP contribution in [0.25, 0.3) is 0 Å². The quantitative estimate of drug-likeness (QED) is 0.814. The monoisotopic (exact) mass is 263 g/mol. The lowest BCUT2D eigenvalue weighted by atomic mass is 10.0. The van der Waals surface area contributed by atoms with E-state index < -0.39 is 0 Å². The summed E-state index contributed by atoms with van der Waals surface area (Å²) >= 11 is 0. The Morgan fingerprint density at radius 2 is 2.05 bits per heavy atom. The highest BCUT2D eigenvalue weighted by atomic mass is 16.5. The van der Waals surface area contributed by atoms with Gasteiger partial charge in [0.25, 0.3) is 5.91 Å². The standard InChI is InChI=1S/C14H21N3O2/c1-10-9-11(15-19-10)14(18)17-8-4-6-13(17)12-5-3-7-16(12)2/h9,12-13H,3-8H2,1-2H3/t12-,13-/m1/s1. The molecule has 19 heavy (non-hydrogen) atoms. The molecule has 0 unspecified atom stereocenters. The molecule has 0 radical (unpaired) electrons. The minimum absolute atomic E-state index is 0.0275. The number of nitrogens with zero attached hydrogens (tertiary/aromatic N) is 3. The minimum Gasteiger partial charge on any atom is -0.361 e. The van der Waals surface area contributed by atoms with Crippen LogP contribution in [0.4, 0.5) is 0 Å². The van der Waals surface area contributed by atoms with Crippen LogP contribution in [0.15, 0.2) is 10.6 Å². The Balaban J connectivity index is 1.77. The van der Waals surface area contributed by atoms with Crippen molar-refractivity contribution < 1.29 is 9.32 Å². The summed E-state index contributed by atoms with van der Waals surface area (Å²) in [5, 5.41) is 3.86. The molecule has 2 aliphatic rings. The van der Waals surface area contributed by atoms with Crippen molar-refractivity contribution in [3.8, 4) is 0 Å². The summed E-state index contributed by atoms with van der Waals surface area (Å²) in [6.45, 7) is 3.81. The maximum absolute atomic E-state index is 12.5. The lowest BCUT2D eigenvalue weighted by Gasteiger charge is -2.32. The molecule has 0 spiro atoms. The molecule has 0 saturated carbocycles. The SMILES string of the molecule is Cc1cc(C(=O)N2CCC[C@@H]2[C@H]2CCCN2C)no1. The number of aromatic nitrogens is 1. The molecule has 1 aromatic heterocycles. The maximum Gasteiger partial charge on any atom is 0.276 e. The molecule has 2 fully saturated rings. The summed E-state index contributed by atoms with van der Waals surface area (Å²) in [4.78, 5) is 16.9. The number of hydrogen-bond acceptors (Lipinski definition) is 4. The summed E-state index contributed by atoms with van der Waals surface area (Å²) in [7, 11) is 2.17. The van der Waals surface area contributed by atoms with E-state index in [1.165, 1.54) is 12.8 Å². The van der Waals surface area contributed by atoms with Gasteiger partial charge in [-0.15, -0.1) is 0 Å². The van der Waals surface area contributed by atoms with Crippen LogP contribution in [0.1, 0.15) is 41.9 Å². The average molecular weight is 263 g/mol. The molecular weight excluding hydrogens is 242 g/mol. The van der Waals surface area contributed by atoms with Gasteiger partial charge in [0.15, 0.2) is 5.69 Å². The number of likely N-dealkylation sites (N-methyl/N-ethyl adjacent to an activating group) is 1. The Labute approximate surface area is 113 Å². The second-order valence-electron chi connectivity index (χ2n) is 5.72. The first-order valence-corrected chi connectivity index (χ1v) is 7.11.